The smallest absolute Gasteiger partial charge is 0.234 e. The first-order valence-corrected chi connectivity index (χ1v) is 5.56. The van der Waals surface area contributed by atoms with Crippen LogP contribution in [0.5, 0.6) is 5.88 Å². The van der Waals surface area contributed by atoms with E-state index in [4.69, 9.17) is 14.2 Å². The molecule has 0 aliphatic heterocycles. The normalized spacial score (nSPS) is 10.2. The highest BCUT2D eigenvalue weighted by atomic mass is 16.5. The largest absolute Gasteiger partial charge is 0.476 e. The van der Waals surface area contributed by atoms with Gasteiger partial charge in [-0.1, -0.05) is 0 Å². The van der Waals surface area contributed by atoms with Gasteiger partial charge in [0.1, 0.15) is 5.82 Å². The van der Waals surface area contributed by atoms with Gasteiger partial charge in [-0.15, -0.1) is 0 Å². The Balaban J connectivity index is 2.09. The third-order valence-corrected chi connectivity index (χ3v) is 1.98. The summed E-state index contributed by atoms with van der Waals surface area (Å²) in [6, 6.07) is 0. The second-order valence-electron chi connectivity index (χ2n) is 3.30. The number of ether oxygens (including phenoxy) is 3. The average molecular weight is 241 g/mol. The molecule has 1 N–H and O–H groups in total. The minimum absolute atomic E-state index is 0.522. The van der Waals surface area contributed by atoms with Gasteiger partial charge in [-0.3, -0.25) is 4.98 Å². The molecule has 1 aromatic heterocycles. The molecule has 17 heavy (non-hydrogen) atoms. The number of hydrogen-bond acceptors (Lipinski definition) is 6. The van der Waals surface area contributed by atoms with Crippen LogP contribution in [0.4, 0.5) is 5.82 Å². The standard InChI is InChI=1S/C11H19N3O3/c1-12-10-8-13-9-11(14-10)17-5-3-4-16-7-6-15-2/h8-9H,3-7H2,1-2H3,(H,12,14). The van der Waals surface area contributed by atoms with Crippen LogP contribution in [0.25, 0.3) is 0 Å². The van der Waals surface area contributed by atoms with E-state index in [-0.39, 0.29) is 0 Å². The summed E-state index contributed by atoms with van der Waals surface area (Å²) >= 11 is 0. The number of nitrogens with zero attached hydrogens (tertiary/aromatic N) is 2. The fourth-order valence-corrected chi connectivity index (χ4v) is 1.12. The molecule has 0 unspecified atom stereocenters. The van der Waals surface area contributed by atoms with E-state index in [9.17, 15) is 0 Å². The molecule has 0 bridgehead atoms. The van der Waals surface area contributed by atoms with Crippen LogP contribution < -0.4 is 10.1 Å². The number of rotatable bonds is 9. The summed E-state index contributed by atoms with van der Waals surface area (Å²) in [5, 5.41) is 2.90. The van der Waals surface area contributed by atoms with Crippen LogP contribution >= 0.6 is 0 Å². The number of nitrogens with one attached hydrogen (secondary N) is 1. The monoisotopic (exact) mass is 241 g/mol. The van der Waals surface area contributed by atoms with Crippen LogP contribution in [0.2, 0.25) is 0 Å². The second-order valence-corrected chi connectivity index (χ2v) is 3.30. The van der Waals surface area contributed by atoms with Crippen LogP contribution in [0.3, 0.4) is 0 Å². The van der Waals surface area contributed by atoms with E-state index in [2.05, 4.69) is 15.3 Å². The summed E-state index contributed by atoms with van der Waals surface area (Å²) in [4.78, 5) is 8.18. The van der Waals surface area contributed by atoms with Crippen LogP contribution in [0, 0.1) is 0 Å². The summed E-state index contributed by atoms with van der Waals surface area (Å²) < 4.78 is 15.6. The molecule has 0 fully saturated rings. The summed E-state index contributed by atoms with van der Waals surface area (Å²) in [7, 11) is 3.44. The number of methoxy groups -OCH3 is 1. The van der Waals surface area contributed by atoms with Gasteiger partial charge in [0, 0.05) is 27.2 Å². The van der Waals surface area contributed by atoms with Gasteiger partial charge in [0.05, 0.1) is 32.2 Å². The first kappa shape index (κ1) is 13.7. The third-order valence-electron chi connectivity index (χ3n) is 1.98. The molecule has 0 radical (unpaired) electrons. The molecule has 0 saturated carbocycles. The first-order chi connectivity index (χ1) is 8.36. The van der Waals surface area contributed by atoms with Crippen molar-refractivity contribution in [3.05, 3.63) is 12.4 Å². The lowest BCUT2D eigenvalue weighted by Gasteiger charge is -2.06. The third kappa shape index (κ3) is 6.03. The van der Waals surface area contributed by atoms with Crippen LogP contribution in [0.15, 0.2) is 12.4 Å². The lowest BCUT2D eigenvalue weighted by molar-refractivity contribution is 0.0642. The number of anilines is 1. The van der Waals surface area contributed by atoms with E-state index in [1.165, 1.54) is 0 Å². The van der Waals surface area contributed by atoms with Crippen LogP contribution in [-0.4, -0.2) is 50.6 Å². The van der Waals surface area contributed by atoms with Crippen molar-refractivity contribution in [1.82, 2.24) is 9.97 Å². The zero-order valence-corrected chi connectivity index (χ0v) is 10.3. The van der Waals surface area contributed by atoms with Gasteiger partial charge in [0.2, 0.25) is 5.88 Å². The van der Waals surface area contributed by atoms with E-state index in [1.54, 1.807) is 26.6 Å². The van der Waals surface area contributed by atoms with Crippen molar-refractivity contribution in [3.63, 3.8) is 0 Å². The fourth-order valence-electron chi connectivity index (χ4n) is 1.12. The van der Waals surface area contributed by atoms with Crippen molar-refractivity contribution in [3.8, 4) is 5.88 Å². The maximum atomic E-state index is 5.43. The van der Waals surface area contributed by atoms with Gasteiger partial charge >= 0.3 is 0 Å². The summed E-state index contributed by atoms with van der Waals surface area (Å²) in [5.74, 6) is 1.22. The van der Waals surface area contributed by atoms with Crippen LogP contribution in [-0.2, 0) is 9.47 Å². The zero-order chi connectivity index (χ0) is 12.3. The highest BCUT2D eigenvalue weighted by Gasteiger charge is 1.98. The molecule has 96 valence electrons. The minimum Gasteiger partial charge on any atom is -0.476 e. The van der Waals surface area contributed by atoms with E-state index < -0.39 is 0 Å². The summed E-state index contributed by atoms with van der Waals surface area (Å²) in [6.07, 6.45) is 4.04. The highest BCUT2D eigenvalue weighted by Crippen LogP contribution is 2.08. The van der Waals surface area contributed by atoms with Crippen molar-refractivity contribution in [2.75, 3.05) is 45.9 Å². The summed E-state index contributed by atoms with van der Waals surface area (Å²) in [5.41, 5.74) is 0. The lowest BCUT2D eigenvalue weighted by Crippen LogP contribution is -2.07. The van der Waals surface area contributed by atoms with Gasteiger partial charge in [0.15, 0.2) is 0 Å². The van der Waals surface area contributed by atoms with Gasteiger partial charge in [-0.05, 0) is 0 Å². The number of hydrogen-bond donors (Lipinski definition) is 1. The molecule has 6 heteroatoms. The van der Waals surface area contributed by atoms with E-state index >= 15 is 0 Å². The maximum Gasteiger partial charge on any atom is 0.234 e. The Labute approximate surface area is 101 Å². The van der Waals surface area contributed by atoms with E-state index in [0.29, 0.717) is 38.1 Å². The van der Waals surface area contributed by atoms with Crippen molar-refractivity contribution in [2.24, 2.45) is 0 Å². The van der Waals surface area contributed by atoms with Crippen molar-refractivity contribution < 1.29 is 14.2 Å². The van der Waals surface area contributed by atoms with Crippen molar-refractivity contribution in [2.45, 2.75) is 6.42 Å². The Morgan fingerprint density at radius 1 is 1.18 bits per heavy atom. The molecule has 1 rings (SSSR count). The Bertz CT molecular complexity index is 310. The molecule has 6 nitrogen and oxygen atoms in total. The second kappa shape index (κ2) is 8.72. The molecule has 0 amide bonds. The molecular formula is C11H19N3O3. The lowest BCUT2D eigenvalue weighted by atomic mass is 10.5. The molecule has 0 spiro atoms. The Morgan fingerprint density at radius 2 is 2.06 bits per heavy atom. The molecule has 1 aromatic rings. The predicted octanol–water partition coefficient (Wildman–Crippen LogP) is 0.950. The Morgan fingerprint density at radius 3 is 2.82 bits per heavy atom. The Hall–Kier alpha value is -1.40. The maximum absolute atomic E-state index is 5.43. The van der Waals surface area contributed by atoms with Gasteiger partial charge in [-0.25, -0.2) is 0 Å². The molecule has 0 saturated heterocycles. The molecule has 0 atom stereocenters. The van der Waals surface area contributed by atoms with Crippen LogP contribution in [0.1, 0.15) is 6.42 Å². The minimum atomic E-state index is 0.522. The molecule has 1 heterocycles. The fraction of sp³-hybridized carbons (Fsp3) is 0.636. The van der Waals surface area contributed by atoms with Crippen molar-refractivity contribution >= 4 is 5.82 Å². The quantitative estimate of drug-likeness (QED) is 0.649. The summed E-state index contributed by atoms with van der Waals surface area (Å²) in [6.45, 7) is 2.46. The topological polar surface area (TPSA) is 65.5 Å². The highest BCUT2D eigenvalue weighted by molar-refractivity contribution is 5.31. The average Bonchev–Trinajstić information content (AvgIpc) is 2.38. The number of aromatic nitrogens is 2. The van der Waals surface area contributed by atoms with Gasteiger partial charge in [0.25, 0.3) is 0 Å². The van der Waals surface area contributed by atoms with Gasteiger partial charge < -0.3 is 19.5 Å². The Kier molecular flexibility index (Phi) is 7.01. The molecule has 0 aromatic carbocycles. The first-order valence-electron chi connectivity index (χ1n) is 5.56. The van der Waals surface area contributed by atoms with Gasteiger partial charge in [-0.2, -0.15) is 4.98 Å². The zero-order valence-electron chi connectivity index (χ0n) is 10.3. The molecular weight excluding hydrogens is 222 g/mol. The van der Waals surface area contributed by atoms with E-state index in [0.717, 1.165) is 6.42 Å². The molecule has 0 aliphatic rings. The molecule has 0 aliphatic carbocycles. The SMILES string of the molecule is CNc1cncc(OCCCOCCOC)n1. The predicted molar refractivity (Wildman–Crippen MR) is 64.4 cm³/mol. The van der Waals surface area contributed by atoms with E-state index in [1.807, 2.05) is 0 Å². The van der Waals surface area contributed by atoms with Crippen molar-refractivity contribution in [1.29, 1.82) is 0 Å².